The summed E-state index contributed by atoms with van der Waals surface area (Å²) in [6.45, 7) is 4.99. The van der Waals surface area contributed by atoms with Crippen LogP contribution < -0.4 is 4.74 Å². The van der Waals surface area contributed by atoms with Gasteiger partial charge in [0.15, 0.2) is 0 Å². The summed E-state index contributed by atoms with van der Waals surface area (Å²) in [6, 6.07) is 7.81. The number of ether oxygens (including phenoxy) is 1. The first-order chi connectivity index (χ1) is 13.6. The van der Waals surface area contributed by atoms with Crippen molar-refractivity contribution in [3.8, 4) is 5.75 Å². The minimum absolute atomic E-state index is 0.218. The van der Waals surface area contributed by atoms with E-state index in [0.29, 0.717) is 12.3 Å². The number of aryl methyl sites for hydroxylation is 1. The number of amides is 1. The zero-order chi connectivity index (χ0) is 19.5. The Balaban J connectivity index is 1.37. The highest BCUT2D eigenvalue weighted by molar-refractivity contribution is 5.79. The predicted molar refractivity (Wildman–Crippen MR) is 109 cm³/mol. The highest BCUT2D eigenvalue weighted by Crippen LogP contribution is 2.32. The molecular formula is C23H31N3O2. The van der Waals surface area contributed by atoms with Gasteiger partial charge in [0.05, 0.1) is 13.5 Å². The fourth-order valence-electron chi connectivity index (χ4n) is 4.27. The Bertz CT molecular complexity index is 825. The third-order valence-corrected chi connectivity index (χ3v) is 6.11. The van der Waals surface area contributed by atoms with Crippen LogP contribution in [-0.2, 0) is 24.2 Å². The van der Waals surface area contributed by atoms with Crippen molar-refractivity contribution in [1.29, 1.82) is 0 Å². The van der Waals surface area contributed by atoms with Crippen molar-refractivity contribution in [3.05, 3.63) is 47.5 Å². The van der Waals surface area contributed by atoms with Crippen molar-refractivity contribution in [2.24, 2.45) is 11.8 Å². The van der Waals surface area contributed by atoms with E-state index in [-0.39, 0.29) is 5.91 Å². The maximum Gasteiger partial charge on any atom is 0.227 e. The van der Waals surface area contributed by atoms with E-state index in [1.165, 1.54) is 30.8 Å². The van der Waals surface area contributed by atoms with Crippen LogP contribution >= 0.6 is 0 Å². The molecule has 0 bridgehead atoms. The minimum Gasteiger partial charge on any atom is -0.497 e. The van der Waals surface area contributed by atoms with Crippen LogP contribution in [0.4, 0.5) is 0 Å². The number of carbonyl (C=O) groups excluding carboxylic acids is 1. The van der Waals surface area contributed by atoms with Crippen molar-refractivity contribution < 1.29 is 9.53 Å². The van der Waals surface area contributed by atoms with Gasteiger partial charge in [0.1, 0.15) is 11.6 Å². The summed E-state index contributed by atoms with van der Waals surface area (Å²) in [7, 11) is 1.66. The summed E-state index contributed by atoms with van der Waals surface area (Å²) in [4.78, 5) is 19.6. The molecule has 1 saturated heterocycles. The van der Waals surface area contributed by atoms with Crippen LogP contribution in [-0.4, -0.2) is 40.6 Å². The van der Waals surface area contributed by atoms with E-state index in [4.69, 9.17) is 9.72 Å². The number of carbonyl (C=O) groups is 1. The van der Waals surface area contributed by atoms with E-state index in [1.54, 1.807) is 7.11 Å². The predicted octanol–water partition coefficient (Wildman–Crippen LogP) is 3.63. The van der Waals surface area contributed by atoms with Crippen LogP contribution in [0.1, 0.15) is 42.8 Å². The van der Waals surface area contributed by atoms with Crippen LogP contribution in [0.3, 0.4) is 0 Å². The van der Waals surface area contributed by atoms with Crippen molar-refractivity contribution in [2.45, 2.75) is 52.0 Å². The number of hydrogen-bond acceptors (Lipinski definition) is 3. The SMILES string of the molecule is COc1cccc(CC(=O)N2CCCC(Cc3ncc(C)n3CC3CC3)C2)c1. The second kappa shape index (κ2) is 8.38. The van der Waals surface area contributed by atoms with Crippen LogP contribution in [0.5, 0.6) is 5.75 Å². The van der Waals surface area contributed by atoms with E-state index in [2.05, 4.69) is 16.4 Å². The Kier molecular flexibility index (Phi) is 5.69. The monoisotopic (exact) mass is 381 g/mol. The topological polar surface area (TPSA) is 47.4 Å². The molecule has 0 N–H and O–H groups in total. The first kappa shape index (κ1) is 19.0. The number of hydrogen-bond donors (Lipinski definition) is 0. The molecule has 1 saturated carbocycles. The van der Waals surface area contributed by atoms with Gasteiger partial charge in [-0.15, -0.1) is 0 Å². The summed E-state index contributed by atoms with van der Waals surface area (Å²) >= 11 is 0. The van der Waals surface area contributed by atoms with Crippen molar-refractivity contribution in [1.82, 2.24) is 14.5 Å². The summed E-state index contributed by atoms with van der Waals surface area (Å²) in [6.07, 6.45) is 8.39. The Morgan fingerprint density at radius 2 is 2.11 bits per heavy atom. The number of benzene rings is 1. The van der Waals surface area contributed by atoms with Gasteiger partial charge in [-0.25, -0.2) is 4.98 Å². The number of piperidine rings is 1. The smallest absolute Gasteiger partial charge is 0.227 e. The summed E-state index contributed by atoms with van der Waals surface area (Å²) in [5.74, 6) is 3.58. The largest absolute Gasteiger partial charge is 0.497 e. The molecule has 1 aromatic heterocycles. The van der Waals surface area contributed by atoms with Gasteiger partial charge in [0.25, 0.3) is 0 Å². The fourth-order valence-corrected chi connectivity index (χ4v) is 4.27. The molecule has 2 heterocycles. The molecule has 0 radical (unpaired) electrons. The lowest BCUT2D eigenvalue weighted by atomic mass is 9.94. The Hall–Kier alpha value is -2.30. The summed E-state index contributed by atoms with van der Waals surface area (Å²) < 4.78 is 7.69. The maximum absolute atomic E-state index is 12.9. The molecule has 1 unspecified atom stereocenters. The molecule has 5 heteroatoms. The zero-order valence-corrected chi connectivity index (χ0v) is 17.1. The number of imidazole rings is 1. The molecule has 1 aliphatic heterocycles. The van der Waals surface area contributed by atoms with Crippen molar-refractivity contribution in [2.75, 3.05) is 20.2 Å². The molecule has 5 nitrogen and oxygen atoms in total. The van der Waals surface area contributed by atoms with Gasteiger partial charge < -0.3 is 14.2 Å². The first-order valence-electron chi connectivity index (χ1n) is 10.5. The highest BCUT2D eigenvalue weighted by Gasteiger charge is 2.27. The van der Waals surface area contributed by atoms with E-state index in [0.717, 1.165) is 49.7 Å². The molecule has 4 rings (SSSR count). The Labute approximate surface area is 167 Å². The molecule has 1 aromatic carbocycles. The van der Waals surface area contributed by atoms with Gasteiger partial charge in [-0.3, -0.25) is 4.79 Å². The molecule has 1 aliphatic carbocycles. The van der Waals surface area contributed by atoms with Gasteiger partial charge in [0, 0.05) is 37.9 Å². The lowest BCUT2D eigenvalue weighted by Crippen LogP contribution is -2.41. The van der Waals surface area contributed by atoms with E-state index < -0.39 is 0 Å². The average Bonchev–Trinajstić information content (AvgIpc) is 3.47. The molecule has 1 atom stereocenters. The second-order valence-electron chi connectivity index (χ2n) is 8.45. The van der Waals surface area contributed by atoms with Crippen LogP contribution in [0.25, 0.3) is 0 Å². The van der Waals surface area contributed by atoms with Gasteiger partial charge in [-0.1, -0.05) is 12.1 Å². The lowest BCUT2D eigenvalue weighted by Gasteiger charge is -2.33. The molecule has 0 spiro atoms. The number of nitrogens with zero attached hydrogens (tertiary/aromatic N) is 3. The van der Waals surface area contributed by atoms with Gasteiger partial charge in [0.2, 0.25) is 5.91 Å². The van der Waals surface area contributed by atoms with Gasteiger partial charge in [-0.05, 0) is 62.1 Å². The van der Waals surface area contributed by atoms with Crippen LogP contribution in [0.2, 0.25) is 0 Å². The van der Waals surface area contributed by atoms with E-state index in [9.17, 15) is 4.79 Å². The van der Waals surface area contributed by atoms with Crippen molar-refractivity contribution in [3.63, 3.8) is 0 Å². The van der Waals surface area contributed by atoms with Crippen LogP contribution in [0, 0.1) is 18.8 Å². The molecule has 28 heavy (non-hydrogen) atoms. The standard InChI is InChI=1S/C23H31N3O2/c1-17-14-24-22(26(17)16-18-8-9-18)12-20-6-4-10-25(15-20)23(27)13-19-5-3-7-21(11-19)28-2/h3,5,7,11,14,18,20H,4,6,8-10,12-13,15-16H2,1-2H3. The lowest BCUT2D eigenvalue weighted by molar-refractivity contribution is -0.132. The molecule has 2 aromatic rings. The quantitative estimate of drug-likeness (QED) is 0.736. The summed E-state index contributed by atoms with van der Waals surface area (Å²) in [5.41, 5.74) is 2.28. The Morgan fingerprint density at radius 1 is 1.25 bits per heavy atom. The highest BCUT2D eigenvalue weighted by atomic mass is 16.5. The third kappa shape index (κ3) is 4.57. The Morgan fingerprint density at radius 3 is 2.89 bits per heavy atom. The molecule has 1 amide bonds. The molecular weight excluding hydrogens is 350 g/mol. The van der Waals surface area contributed by atoms with Crippen molar-refractivity contribution >= 4 is 5.91 Å². The number of rotatable bonds is 7. The van der Waals surface area contributed by atoms with Gasteiger partial charge in [-0.2, -0.15) is 0 Å². The molecule has 150 valence electrons. The maximum atomic E-state index is 12.9. The van der Waals surface area contributed by atoms with Crippen LogP contribution in [0.15, 0.2) is 30.5 Å². The molecule has 2 fully saturated rings. The number of methoxy groups -OCH3 is 1. The molecule has 2 aliphatic rings. The van der Waals surface area contributed by atoms with E-state index in [1.807, 2.05) is 30.5 Å². The summed E-state index contributed by atoms with van der Waals surface area (Å²) in [5, 5.41) is 0. The fraction of sp³-hybridized carbons (Fsp3) is 0.565. The number of likely N-dealkylation sites (tertiary alicyclic amines) is 1. The van der Waals surface area contributed by atoms with Gasteiger partial charge >= 0.3 is 0 Å². The zero-order valence-electron chi connectivity index (χ0n) is 17.1. The first-order valence-corrected chi connectivity index (χ1v) is 10.5. The minimum atomic E-state index is 0.218. The third-order valence-electron chi connectivity index (χ3n) is 6.11. The second-order valence-corrected chi connectivity index (χ2v) is 8.45. The number of aromatic nitrogens is 2. The normalized spacial score (nSPS) is 19.6. The average molecular weight is 382 g/mol. The van der Waals surface area contributed by atoms with E-state index >= 15 is 0 Å².